The van der Waals surface area contributed by atoms with Gasteiger partial charge in [-0.1, -0.05) is 18.2 Å². The minimum atomic E-state index is -0.584. The summed E-state index contributed by atoms with van der Waals surface area (Å²) in [5, 5.41) is 11.2. The third kappa shape index (κ3) is 3.32. The topological polar surface area (TPSA) is 74.3 Å². The Morgan fingerprint density at radius 2 is 1.96 bits per heavy atom. The number of rotatable bonds is 4. The lowest BCUT2D eigenvalue weighted by molar-refractivity contribution is 0.627. The summed E-state index contributed by atoms with van der Waals surface area (Å²) >= 11 is 0. The molecule has 2 aromatic rings. The van der Waals surface area contributed by atoms with Gasteiger partial charge in [0, 0.05) is 17.7 Å². The van der Waals surface area contributed by atoms with Crippen molar-refractivity contribution < 1.29 is 8.78 Å². The predicted octanol–water partition coefficient (Wildman–Crippen LogP) is 2.98. The number of nitrogens with two attached hydrogens (primary N) is 1. The molecule has 4 nitrogen and oxygen atoms in total. The Hall–Kier alpha value is -3.02. The first kappa shape index (κ1) is 15.9. The molecule has 0 atom stereocenters. The number of nitrogen functional groups attached to an aromatic ring is 1. The van der Waals surface area contributed by atoms with Crippen LogP contribution in [0.25, 0.3) is 6.08 Å². The van der Waals surface area contributed by atoms with E-state index in [2.05, 4.69) is 10.3 Å². The van der Waals surface area contributed by atoms with E-state index in [0.717, 1.165) is 5.56 Å². The molecule has 0 aliphatic carbocycles. The second-order valence-electron chi connectivity index (χ2n) is 5.37. The standard InChI is InChI=1S/C18H16F2N4/c19-13-4-1-11(2-5-13)3-6-16(21)14-9-12(10-15(20)17(14)22)18-23-7-8-24-18/h1-6,9-10,21H,7-8,22H2,(H,23,24)/b6-3+,21-16?. The van der Waals surface area contributed by atoms with Gasteiger partial charge in [0.2, 0.25) is 0 Å². The van der Waals surface area contributed by atoms with E-state index in [1.165, 1.54) is 24.3 Å². The van der Waals surface area contributed by atoms with Crippen LogP contribution in [0.3, 0.4) is 0 Å². The molecule has 3 rings (SSSR count). The van der Waals surface area contributed by atoms with Crippen LogP contribution in [-0.2, 0) is 0 Å². The zero-order valence-corrected chi connectivity index (χ0v) is 12.8. The van der Waals surface area contributed by atoms with Crippen LogP contribution < -0.4 is 11.1 Å². The molecule has 4 N–H and O–H groups in total. The fourth-order valence-electron chi connectivity index (χ4n) is 2.41. The van der Waals surface area contributed by atoms with Gasteiger partial charge in [-0.05, 0) is 35.9 Å². The summed E-state index contributed by atoms with van der Waals surface area (Å²) in [6.07, 6.45) is 3.16. The van der Waals surface area contributed by atoms with Crippen LogP contribution in [0.2, 0.25) is 0 Å². The monoisotopic (exact) mass is 326 g/mol. The highest BCUT2D eigenvalue weighted by Gasteiger charge is 2.15. The Balaban J connectivity index is 1.89. The molecule has 0 unspecified atom stereocenters. The SMILES string of the molecule is N=C(/C=C/c1ccc(F)cc1)c1cc(C2=NCCN2)cc(F)c1N. The molecule has 122 valence electrons. The first-order valence-electron chi connectivity index (χ1n) is 7.45. The number of allylic oxidation sites excluding steroid dienone is 1. The highest BCUT2D eigenvalue weighted by atomic mass is 19.1. The zero-order valence-electron chi connectivity index (χ0n) is 12.8. The molecule has 1 aliphatic rings. The molecule has 0 saturated carbocycles. The number of anilines is 1. The predicted molar refractivity (Wildman–Crippen MR) is 92.5 cm³/mol. The fraction of sp³-hybridized carbons (Fsp3) is 0.111. The van der Waals surface area contributed by atoms with Crippen molar-refractivity contribution in [3.8, 4) is 0 Å². The van der Waals surface area contributed by atoms with Gasteiger partial charge in [-0.3, -0.25) is 4.99 Å². The van der Waals surface area contributed by atoms with Gasteiger partial charge in [-0.2, -0.15) is 0 Å². The van der Waals surface area contributed by atoms with E-state index in [1.807, 2.05) is 0 Å². The van der Waals surface area contributed by atoms with Crippen LogP contribution in [0, 0.1) is 17.0 Å². The van der Waals surface area contributed by atoms with Crippen LogP contribution in [0.1, 0.15) is 16.7 Å². The molecule has 1 aliphatic heterocycles. The Labute approximate surface area is 138 Å². The van der Waals surface area contributed by atoms with Gasteiger partial charge in [0.1, 0.15) is 17.5 Å². The van der Waals surface area contributed by atoms with Crippen molar-refractivity contribution in [1.29, 1.82) is 5.41 Å². The molecule has 2 aromatic carbocycles. The number of halogens is 2. The Kier molecular flexibility index (Phi) is 4.37. The molecule has 0 fully saturated rings. The maximum atomic E-state index is 14.1. The van der Waals surface area contributed by atoms with Crippen LogP contribution in [-0.4, -0.2) is 24.6 Å². The molecule has 0 spiro atoms. The Bertz CT molecular complexity index is 839. The van der Waals surface area contributed by atoms with Gasteiger partial charge in [-0.15, -0.1) is 0 Å². The van der Waals surface area contributed by atoms with E-state index in [9.17, 15) is 8.78 Å². The van der Waals surface area contributed by atoms with Gasteiger partial charge in [0.15, 0.2) is 0 Å². The van der Waals surface area contributed by atoms with E-state index in [-0.39, 0.29) is 17.2 Å². The van der Waals surface area contributed by atoms with Gasteiger partial charge in [-0.25, -0.2) is 8.78 Å². The summed E-state index contributed by atoms with van der Waals surface area (Å²) in [4.78, 5) is 4.25. The number of benzene rings is 2. The largest absolute Gasteiger partial charge is 0.396 e. The second kappa shape index (κ2) is 6.62. The second-order valence-corrected chi connectivity index (χ2v) is 5.37. The Morgan fingerprint density at radius 1 is 1.21 bits per heavy atom. The van der Waals surface area contributed by atoms with Gasteiger partial charge < -0.3 is 16.5 Å². The number of amidine groups is 1. The molecular formula is C18H16F2N4. The van der Waals surface area contributed by atoms with Crippen molar-refractivity contribution in [3.63, 3.8) is 0 Å². The van der Waals surface area contributed by atoms with E-state index in [4.69, 9.17) is 11.1 Å². The van der Waals surface area contributed by atoms with Crippen molar-refractivity contribution in [2.75, 3.05) is 18.8 Å². The van der Waals surface area contributed by atoms with Crippen molar-refractivity contribution in [2.45, 2.75) is 0 Å². The first-order chi connectivity index (χ1) is 11.5. The molecule has 24 heavy (non-hydrogen) atoms. The van der Waals surface area contributed by atoms with Crippen molar-refractivity contribution in [3.05, 3.63) is 70.8 Å². The first-order valence-corrected chi connectivity index (χ1v) is 7.45. The maximum absolute atomic E-state index is 14.1. The highest BCUT2D eigenvalue weighted by Crippen LogP contribution is 2.21. The van der Waals surface area contributed by atoms with Crippen LogP contribution in [0.15, 0.2) is 47.5 Å². The van der Waals surface area contributed by atoms with E-state index in [0.29, 0.717) is 30.1 Å². The van der Waals surface area contributed by atoms with E-state index < -0.39 is 5.82 Å². The van der Waals surface area contributed by atoms with Gasteiger partial charge in [0.05, 0.1) is 17.9 Å². The van der Waals surface area contributed by atoms with Crippen LogP contribution >= 0.6 is 0 Å². The Morgan fingerprint density at radius 3 is 2.62 bits per heavy atom. The summed E-state index contributed by atoms with van der Waals surface area (Å²) in [7, 11) is 0. The summed E-state index contributed by atoms with van der Waals surface area (Å²) < 4.78 is 27.0. The van der Waals surface area contributed by atoms with Gasteiger partial charge in [0.25, 0.3) is 0 Å². The molecule has 0 radical (unpaired) electrons. The quantitative estimate of drug-likeness (QED) is 0.597. The average molecular weight is 326 g/mol. The van der Waals surface area contributed by atoms with Crippen molar-refractivity contribution in [1.82, 2.24) is 5.32 Å². The smallest absolute Gasteiger partial charge is 0.147 e. The summed E-state index contributed by atoms with van der Waals surface area (Å²) in [5.41, 5.74) is 7.36. The molecule has 0 bridgehead atoms. The average Bonchev–Trinajstić information content (AvgIpc) is 3.11. The third-order valence-electron chi connectivity index (χ3n) is 3.68. The number of nitrogens with zero attached hydrogens (tertiary/aromatic N) is 1. The molecular weight excluding hydrogens is 310 g/mol. The van der Waals surface area contributed by atoms with Crippen LogP contribution in [0.4, 0.5) is 14.5 Å². The maximum Gasteiger partial charge on any atom is 0.147 e. The molecule has 0 saturated heterocycles. The molecule has 0 aromatic heterocycles. The van der Waals surface area contributed by atoms with Crippen molar-refractivity contribution >= 4 is 23.3 Å². The third-order valence-corrected chi connectivity index (χ3v) is 3.68. The molecule has 0 amide bonds. The van der Waals surface area contributed by atoms with Gasteiger partial charge >= 0.3 is 0 Å². The summed E-state index contributed by atoms with van der Waals surface area (Å²) in [5.74, 6) is -0.310. The van der Waals surface area contributed by atoms with E-state index >= 15 is 0 Å². The summed E-state index contributed by atoms with van der Waals surface area (Å²) in [6, 6.07) is 8.82. The lowest BCUT2D eigenvalue weighted by atomic mass is 10.0. The molecule has 1 heterocycles. The number of hydrogen-bond acceptors (Lipinski definition) is 4. The minimum absolute atomic E-state index is 0.0659. The number of hydrogen-bond donors (Lipinski definition) is 3. The number of nitrogens with one attached hydrogen (secondary N) is 2. The lowest BCUT2D eigenvalue weighted by Gasteiger charge is -2.10. The van der Waals surface area contributed by atoms with E-state index in [1.54, 1.807) is 24.3 Å². The molecule has 6 heteroatoms. The number of aliphatic imine (C=N–C) groups is 1. The normalized spacial score (nSPS) is 13.8. The lowest BCUT2D eigenvalue weighted by Crippen LogP contribution is -2.20. The summed E-state index contributed by atoms with van der Waals surface area (Å²) in [6.45, 7) is 1.34. The highest BCUT2D eigenvalue weighted by molar-refractivity contribution is 6.13. The van der Waals surface area contributed by atoms with Crippen LogP contribution in [0.5, 0.6) is 0 Å². The minimum Gasteiger partial charge on any atom is -0.396 e. The fourth-order valence-corrected chi connectivity index (χ4v) is 2.41. The zero-order chi connectivity index (χ0) is 17.1. The van der Waals surface area contributed by atoms with Crippen molar-refractivity contribution in [2.24, 2.45) is 4.99 Å².